The van der Waals surface area contributed by atoms with Crippen molar-refractivity contribution in [3.8, 4) is 27.9 Å². The molecule has 0 aliphatic rings. The van der Waals surface area contributed by atoms with Gasteiger partial charge in [-0.3, -0.25) is 0 Å². The summed E-state index contributed by atoms with van der Waals surface area (Å²) in [5.41, 5.74) is 11.3. The maximum atomic E-state index is 2.38. The summed E-state index contributed by atoms with van der Waals surface area (Å²) in [5, 5.41) is 2.56. The van der Waals surface area contributed by atoms with E-state index in [1.807, 2.05) is 0 Å². The molecule has 180 valence electrons. The van der Waals surface area contributed by atoms with Crippen LogP contribution in [0.2, 0.25) is 0 Å². The molecule has 0 fully saturated rings. The van der Waals surface area contributed by atoms with Crippen molar-refractivity contribution >= 4 is 21.8 Å². The van der Waals surface area contributed by atoms with Crippen LogP contribution < -0.4 is 0 Å². The van der Waals surface area contributed by atoms with Crippen molar-refractivity contribution in [2.45, 2.75) is 6.42 Å². The maximum Gasteiger partial charge on any atom is 0.0547 e. The predicted octanol–water partition coefficient (Wildman–Crippen LogP) is 9.71. The van der Waals surface area contributed by atoms with Crippen molar-refractivity contribution in [1.29, 1.82) is 0 Å². The van der Waals surface area contributed by atoms with Gasteiger partial charge in [0.05, 0.1) is 11.0 Å². The molecule has 7 aromatic rings. The van der Waals surface area contributed by atoms with E-state index in [4.69, 9.17) is 0 Å². The lowest BCUT2D eigenvalue weighted by atomic mass is 9.97. The molecule has 0 unspecified atom stereocenters. The summed E-state index contributed by atoms with van der Waals surface area (Å²) in [6.07, 6.45) is 0.912. The predicted molar refractivity (Wildman–Crippen MR) is 161 cm³/mol. The first-order valence-electron chi connectivity index (χ1n) is 13.2. The zero-order valence-electron chi connectivity index (χ0n) is 21.1. The van der Waals surface area contributed by atoms with Crippen LogP contribution in [0.5, 0.6) is 0 Å². The summed E-state index contributed by atoms with van der Waals surface area (Å²) in [6, 6.07) is 54.7. The number of rotatable bonds is 5. The van der Waals surface area contributed by atoms with Gasteiger partial charge in [0.25, 0.3) is 0 Å². The van der Waals surface area contributed by atoms with E-state index in [9.17, 15) is 0 Å². The van der Waals surface area contributed by atoms with E-state index in [2.05, 4.69) is 156 Å². The molecule has 0 N–H and O–H groups in total. The van der Waals surface area contributed by atoms with Crippen molar-refractivity contribution in [2.24, 2.45) is 0 Å². The van der Waals surface area contributed by atoms with Gasteiger partial charge in [-0.05, 0) is 64.1 Å². The van der Waals surface area contributed by atoms with Gasteiger partial charge in [0.2, 0.25) is 0 Å². The summed E-state index contributed by atoms with van der Waals surface area (Å²) in [6.45, 7) is 0. The average molecular weight is 486 g/mol. The topological polar surface area (TPSA) is 4.93 Å². The molecule has 0 amide bonds. The molecule has 0 atom stereocenters. The molecule has 6 aromatic carbocycles. The summed E-state index contributed by atoms with van der Waals surface area (Å²) >= 11 is 0. The van der Waals surface area contributed by atoms with Crippen LogP contribution in [0.25, 0.3) is 49.7 Å². The highest BCUT2D eigenvalue weighted by atomic mass is 15.0. The number of nitrogens with zero attached hydrogens (tertiary/aromatic N) is 1. The molecule has 0 radical (unpaired) electrons. The van der Waals surface area contributed by atoms with E-state index in [0.29, 0.717) is 0 Å². The number of hydrogen-bond acceptors (Lipinski definition) is 0. The minimum Gasteiger partial charge on any atom is -0.309 e. The SMILES string of the molecule is c1ccc(-c2ccc(Cc3cccc(-c4ccc5c6ccccc6n(-c6ccccc6)c5c4)c3)cc2)cc1. The number of para-hydroxylation sites is 2. The summed E-state index contributed by atoms with van der Waals surface area (Å²) < 4.78 is 2.38. The molecule has 0 saturated carbocycles. The Labute approximate surface area is 223 Å². The van der Waals surface area contributed by atoms with Gasteiger partial charge in [-0.15, -0.1) is 0 Å². The van der Waals surface area contributed by atoms with Gasteiger partial charge < -0.3 is 4.57 Å². The lowest BCUT2D eigenvalue weighted by Crippen LogP contribution is -1.93. The van der Waals surface area contributed by atoms with Gasteiger partial charge in [0, 0.05) is 16.5 Å². The first kappa shape index (κ1) is 22.3. The van der Waals surface area contributed by atoms with E-state index >= 15 is 0 Å². The van der Waals surface area contributed by atoms with Crippen molar-refractivity contribution in [1.82, 2.24) is 4.57 Å². The molecule has 7 rings (SSSR count). The van der Waals surface area contributed by atoms with E-state index in [0.717, 1.165) is 6.42 Å². The van der Waals surface area contributed by atoms with Crippen molar-refractivity contribution < 1.29 is 0 Å². The van der Waals surface area contributed by atoms with Crippen LogP contribution in [-0.2, 0) is 6.42 Å². The van der Waals surface area contributed by atoms with E-state index < -0.39 is 0 Å². The van der Waals surface area contributed by atoms with Gasteiger partial charge >= 0.3 is 0 Å². The third kappa shape index (κ3) is 4.09. The smallest absolute Gasteiger partial charge is 0.0547 e. The first-order chi connectivity index (χ1) is 18.8. The third-order valence-corrected chi connectivity index (χ3v) is 7.42. The van der Waals surface area contributed by atoms with Crippen LogP contribution in [0.4, 0.5) is 0 Å². The average Bonchev–Trinajstić information content (AvgIpc) is 3.32. The Kier molecular flexibility index (Phi) is 5.60. The van der Waals surface area contributed by atoms with Crippen LogP contribution in [-0.4, -0.2) is 4.57 Å². The largest absolute Gasteiger partial charge is 0.309 e. The zero-order chi connectivity index (χ0) is 25.3. The van der Waals surface area contributed by atoms with Crippen LogP contribution in [0.15, 0.2) is 152 Å². The summed E-state index contributed by atoms with van der Waals surface area (Å²) in [5.74, 6) is 0. The monoisotopic (exact) mass is 485 g/mol. The quantitative estimate of drug-likeness (QED) is 0.229. The first-order valence-corrected chi connectivity index (χ1v) is 13.2. The van der Waals surface area contributed by atoms with Gasteiger partial charge in [-0.1, -0.05) is 127 Å². The van der Waals surface area contributed by atoms with Crippen molar-refractivity contribution in [3.05, 3.63) is 163 Å². The minimum atomic E-state index is 0.912. The highest BCUT2D eigenvalue weighted by molar-refractivity contribution is 6.10. The number of benzene rings is 6. The molecular formula is C37H27N. The van der Waals surface area contributed by atoms with Gasteiger partial charge in [0.1, 0.15) is 0 Å². The molecule has 0 spiro atoms. The Morgan fingerprint density at radius 3 is 1.79 bits per heavy atom. The van der Waals surface area contributed by atoms with Crippen LogP contribution in [0.1, 0.15) is 11.1 Å². The van der Waals surface area contributed by atoms with Crippen molar-refractivity contribution in [3.63, 3.8) is 0 Å². The maximum absolute atomic E-state index is 2.38. The third-order valence-electron chi connectivity index (χ3n) is 7.42. The highest BCUT2D eigenvalue weighted by Crippen LogP contribution is 2.35. The number of fused-ring (bicyclic) bond motifs is 3. The molecule has 1 heteroatoms. The molecule has 1 nitrogen and oxygen atoms in total. The number of aromatic nitrogens is 1. The molecule has 38 heavy (non-hydrogen) atoms. The minimum absolute atomic E-state index is 0.912. The molecule has 1 heterocycles. The lowest BCUT2D eigenvalue weighted by Gasteiger charge is -2.10. The van der Waals surface area contributed by atoms with Gasteiger partial charge in [0.15, 0.2) is 0 Å². The molecule has 0 aliphatic heterocycles. The van der Waals surface area contributed by atoms with E-state index in [1.54, 1.807) is 0 Å². The number of hydrogen-bond donors (Lipinski definition) is 0. The fourth-order valence-corrected chi connectivity index (χ4v) is 5.55. The van der Waals surface area contributed by atoms with E-state index in [-0.39, 0.29) is 0 Å². The Bertz CT molecular complexity index is 1860. The second kappa shape index (κ2) is 9.53. The van der Waals surface area contributed by atoms with Gasteiger partial charge in [-0.2, -0.15) is 0 Å². The molecule has 1 aromatic heterocycles. The Morgan fingerprint density at radius 2 is 0.974 bits per heavy atom. The summed E-state index contributed by atoms with van der Waals surface area (Å²) in [4.78, 5) is 0. The fourth-order valence-electron chi connectivity index (χ4n) is 5.55. The van der Waals surface area contributed by atoms with Crippen LogP contribution >= 0.6 is 0 Å². The van der Waals surface area contributed by atoms with Crippen molar-refractivity contribution in [2.75, 3.05) is 0 Å². The molecule has 0 saturated heterocycles. The zero-order valence-corrected chi connectivity index (χ0v) is 21.1. The van der Waals surface area contributed by atoms with Gasteiger partial charge in [-0.25, -0.2) is 0 Å². The molecule has 0 aliphatic carbocycles. The van der Waals surface area contributed by atoms with Crippen LogP contribution in [0.3, 0.4) is 0 Å². The Hall–Kier alpha value is -4.88. The second-order valence-corrected chi connectivity index (χ2v) is 9.86. The Balaban J connectivity index is 1.25. The molecular weight excluding hydrogens is 458 g/mol. The molecule has 0 bridgehead atoms. The second-order valence-electron chi connectivity index (χ2n) is 9.86. The lowest BCUT2D eigenvalue weighted by molar-refractivity contribution is 1.18. The normalized spacial score (nSPS) is 11.3. The highest BCUT2D eigenvalue weighted by Gasteiger charge is 2.13. The van der Waals surface area contributed by atoms with E-state index in [1.165, 1.54) is 60.9 Å². The Morgan fingerprint density at radius 1 is 0.368 bits per heavy atom. The fraction of sp³-hybridized carbons (Fsp3) is 0.0270. The van der Waals surface area contributed by atoms with Crippen LogP contribution in [0, 0.1) is 0 Å². The standard InChI is InChI=1S/C37H27N/c1-3-11-29(12-4-1)30-20-18-27(19-21-30)24-28-10-9-13-31(25-28)32-22-23-35-34-16-7-8-17-36(34)38(37(35)26-32)33-14-5-2-6-15-33/h1-23,25-26H,24H2. The summed E-state index contributed by atoms with van der Waals surface area (Å²) in [7, 11) is 0.